The zero-order chi connectivity index (χ0) is 17.2. The van der Waals surface area contributed by atoms with Crippen molar-refractivity contribution >= 4 is 11.6 Å². The molecule has 2 aromatic carbocycles. The molecule has 0 unspecified atom stereocenters. The average molecular weight is 338 g/mol. The molecule has 0 aromatic heterocycles. The summed E-state index contributed by atoms with van der Waals surface area (Å²) in [7, 11) is 0. The molecule has 0 bridgehead atoms. The Kier molecular flexibility index (Phi) is 4.22. The number of carbonyl (C=O) groups is 1. The van der Waals surface area contributed by atoms with Gasteiger partial charge in [0, 0.05) is 37.4 Å². The van der Waals surface area contributed by atoms with Crippen LogP contribution in [0.2, 0.25) is 0 Å². The number of ether oxygens (including phenoxy) is 2. The maximum atomic E-state index is 12.8. The molecule has 0 saturated carbocycles. The van der Waals surface area contributed by atoms with E-state index in [1.807, 2.05) is 17.0 Å². The Bertz CT molecular complexity index is 782. The molecule has 5 nitrogen and oxygen atoms in total. The highest BCUT2D eigenvalue weighted by Crippen LogP contribution is 2.31. The molecule has 0 spiro atoms. The quantitative estimate of drug-likeness (QED) is 0.844. The first-order valence-corrected chi connectivity index (χ1v) is 8.72. The van der Waals surface area contributed by atoms with Crippen LogP contribution in [0.5, 0.6) is 11.5 Å². The third kappa shape index (κ3) is 3.14. The molecule has 0 N–H and O–H groups in total. The lowest BCUT2D eigenvalue weighted by Crippen LogP contribution is -2.49. The lowest BCUT2D eigenvalue weighted by molar-refractivity contribution is 0.0745. The molecule has 4 rings (SSSR count). The zero-order valence-corrected chi connectivity index (χ0v) is 14.4. The number of anilines is 1. The summed E-state index contributed by atoms with van der Waals surface area (Å²) in [6.07, 6.45) is 0. The third-order valence-electron chi connectivity index (χ3n) is 4.81. The van der Waals surface area contributed by atoms with Gasteiger partial charge < -0.3 is 19.3 Å². The Labute approximate surface area is 147 Å². The highest BCUT2D eigenvalue weighted by Gasteiger charge is 2.24. The lowest BCUT2D eigenvalue weighted by Gasteiger charge is -2.37. The highest BCUT2D eigenvalue weighted by molar-refractivity contribution is 5.95. The summed E-state index contributed by atoms with van der Waals surface area (Å²) in [4.78, 5) is 17.1. The van der Waals surface area contributed by atoms with Crippen molar-refractivity contribution in [2.45, 2.75) is 6.92 Å². The van der Waals surface area contributed by atoms with Crippen molar-refractivity contribution in [2.75, 3.05) is 44.3 Å². The molecule has 1 amide bonds. The van der Waals surface area contributed by atoms with Crippen LogP contribution in [0.25, 0.3) is 0 Å². The van der Waals surface area contributed by atoms with Crippen LogP contribution >= 0.6 is 0 Å². The van der Waals surface area contributed by atoms with Gasteiger partial charge in [0.1, 0.15) is 13.2 Å². The molecule has 2 aliphatic rings. The van der Waals surface area contributed by atoms with Crippen LogP contribution in [0.4, 0.5) is 5.69 Å². The van der Waals surface area contributed by atoms with Crippen LogP contribution in [0.3, 0.4) is 0 Å². The van der Waals surface area contributed by atoms with E-state index in [0.717, 1.165) is 26.2 Å². The average Bonchev–Trinajstić information content (AvgIpc) is 2.67. The van der Waals surface area contributed by atoms with Gasteiger partial charge in [0.05, 0.1) is 0 Å². The van der Waals surface area contributed by atoms with Crippen molar-refractivity contribution < 1.29 is 14.3 Å². The van der Waals surface area contributed by atoms with Gasteiger partial charge in [0.25, 0.3) is 5.91 Å². The fourth-order valence-corrected chi connectivity index (χ4v) is 3.43. The number of piperazine rings is 1. The molecule has 5 heteroatoms. The third-order valence-corrected chi connectivity index (χ3v) is 4.81. The predicted molar refractivity (Wildman–Crippen MR) is 96.7 cm³/mol. The summed E-state index contributed by atoms with van der Waals surface area (Å²) in [5.41, 5.74) is 3.19. The number of para-hydroxylation sites is 1. The van der Waals surface area contributed by atoms with E-state index in [1.54, 1.807) is 6.07 Å². The van der Waals surface area contributed by atoms with Gasteiger partial charge in [-0.15, -0.1) is 0 Å². The summed E-state index contributed by atoms with van der Waals surface area (Å²) in [6.45, 7) is 6.36. The molecule has 2 aromatic rings. The number of amides is 1. The van der Waals surface area contributed by atoms with Gasteiger partial charge in [0.2, 0.25) is 0 Å². The minimum absolute atomic E-state index is 0.0569. The Morgan fingerprint density at radius 3 is 2.40 bits per heavy atom. The zero-order valence-electron chi connectivity index (χ0n) is 14.4. The summed E-state index contributed by atoms with van der Waals surface area (Å²) in [6, 6.07) is 13.8. The van der Waals surface area contributed by atoms with Gasteiger partial charge in [-0.1, -0.05) is 18.2 Å². The second-order valence-electron chi connectivity index (χ2n) is 6.42. The van der Waals surface area contributed by atoms with Crippen molar-refractivity contribution in [3.05, 3.63) is 53.6 Å². The first-order valence-electron chi connectivity index (χ1n) is 8.72. The lowest BCUT2D eigenvalue weighted by atomic mass is 10.1. The van der Waals surface area contributed by atoms with Crippen molar-refractivity contribution in [1.29, 1.82) is 0 Å². The Morgan fingerprint density at radius 1 is 0.920 bits per heavy atom. The van der Waals surface area contributed by atoms with E-state index >= 15 is 0 Å². The minimum atomic E-state index is 0.0569. The number of fused-ring (bicyclic) bond motifs is 1. The van der Waals surface area contributed by atoms with E-state index in [0.29, 0.717) is 30.3 Å². The van der Waals surface area contributed by atoms with E-state index in [2.05, 4.69) is 36.1 Å². The van der Waals surface area contributed by atoms with E-state index in [1.165, 1.54) is 11.3 Å². The van der Waals surface area contributed by atoms with E-state index in [-0.39, 0.29) is 5.91 Å². The summed E-state index contributed by atoms with van der Waals surface area (Å²) in [5, 5.41) is 0. The first kappa shape index (κ1) is 15.8. The SMILES string of the molecule is Cc1ccccc1N1CCN(C(=O)c2ccc3c(c2)OCCO3)CC1. The van der Waals surface area contributed by atoms with Gasteiger partial charge in [0.15, 0.2) is 11.5 Å². The molecule has 0 radical (unpaired) electrons. The van der Waals surface area contributed by atoms with Crippen LogP contribution in [0.1, 0.15) is 15.9 Å². The maximum absolute atomic E-state index is 12.8. The second kappa shape index (κ2) is 6.67. The number of hydrogen-bond acceptors (Lipinski definition) is 4. The first-order chi connectivity index (χ1) is 12.2. The number of hydrogen-bond donors (Lipinski definition) is 0. The van der Waals surface area contributed by atoms with Gasteiger partial charge >= 0.3 is 0 Å². The number of carbonyl (C=O) groups excluding carboxylic acids is 1. The van der Waals surface area contributed by atoms with Crippen molar-refractivity contribution in [3.63, 3.8) is 0 Å². The predicted octanol–water partition coefficient (Wildman–Crippen LogP) is 2.73. The molecule has 2 aliphatic heterocycles. The Hall–Kier alpha value is -2.69. The van der Waals surface area contributed by atoms with Gasteiger partial charge in [-0.25, -0.2) is 0 Å². The normalized spacial score (nSPS) is 16.7. The van der Waals surface area contributed by atoms with Gasteiger partial charge in [-0.05, 0) is 36.8 Å². The molecule has 2 heterocycles. The summed E-state index contributed by atoms with van der Waals surface area (Å²) in [5.74, 6) is 1.43. The maximum Gasteiger partial charge on any atom is 0.254 e. The Balaban J connectivity index is 1.44. The van der Waals surface area contributed by atoms with Crippen LogP contribution in [-0.4, -0.2) is 50.2 Å². The van der Waals surface area contributed by atoms with Crippen LogP contribution in [0, 0.1) is 6.92 Å². The molecule has 1 fully saturated rings. The molecular weight excluding hydrogens is 316 g/mol. The van der Waals surface area contributed by atoms with Gasteiger partial charge in [-0.2, -0.15) is 0 Å². The van der Waals surface area contributed by atoms with Crippen LogP contribution < -0.4 is 14.4 Å². The number of aryl methyl sites for hydroxylation is 1. The molecule has 0 atom stereocenters. The molecule has 1 saturated heterocycles. The Morgan fingerprint density at radius 2 is 1.64 bits per heavy atom. The molecular formula is C20H22N2O3. The smallest absolute Gasteiger partial charge is 0.254 e. The molecule has 130 valence electrons. The highest BCUT2D eigenvalue weighted by atomic mass is 16.6. The summed E-state index contributed by atoms with van der Waals surface area (Å²) >= 11 is 0. The van der Waals surface area contributed by atoms with Crippen molar-refractivity contribution in [3.8, 4) is 11.5 Å². The van der Waals surface area contributed by atoms with Crippen LogP contribution in [-0.2, 0) is 0 Å². The summed E-state index contributed by atoms with van der Waals surface area (Å²) < 4.78 is 11.1. The van der Waals surface area contributed by atoms with Crippen molar-refractivity contribution in [1.82, 2.24) is 4.90 Å². The number of benzene rings is 2. The molecule has 25 heavy (non-hydrogen) atoms. The largest absolute Gasteiger partial charge is 0.486 e. The van der Waals surface area contributed by atoms with Crippen molar-refractivity contribution in [2.24, 2.45) is 0 Å². The topological polar surface area (TPSA) is 42.0 Å². The minimum Gasteiger partial charge on any atom is -0.486 e. The second-order valence-corrected chi connectivity index (χ2v) is 6.42. The van der Waals surface area contributed by atoms with E-state index in [9.17, 15) is 4.79 Å². The fraction of sp³-hybridized carbons (Fsp3) is 0.350. The monoisotopic (exact) mass is 338 g/mol. The number of rotatable bonds is 2. The molecule has 0 aliphatic carbocycles. The van der Waals surface area contributed by atoms with Crippen LogP contribution in [0.15, 0.2) is 42.5 Å². The van der Waals surface area contributed by atoms with E-state index < -0.39 is 0 Å². The fourth-order valence-electron chi connectivity index (χ4n) is 3.43. The van der Waals surface area contributed by atoms with Gasteiger partial charge in [-0.3, -0.25) is 4.79 Å². The van der Waals surface area contributed by atoms with E-state index in [4.69, 9.17) is 9.47 Å². The number of nitrogens with zero attached hydrogens (tertiary/aromatic N) is 2. The standard InChI is InChI=1S/C20H22N2O3/c1-15-4-2-3-5-17(15)21-8-10-22(11-9-21)20(23)16-6-7-18-19(14-16)25-13-12-24-18/h2-7,14H,8-13H2,1H3.